The van der Waals surface area contributed by atoms with Crippen molar-refractivity contribution in [2.75, 3.05) is 59.7 Å². The summed E-state index contributed by atoms with van der Waals surface area (Å²) in [5.74, 6) is 1.96. The Hall–Kier alpha value is -1.90. The minimum absolute atomic E-state index is 0.439. The first kappa shape index (κ1) is 23.4. The summed E-state index contributed by atoms with van der Waals surface area (Å²) in [6, 6.07) is 4.34. The van der Waals surface area contributed by atoms with E-state index in [1.54, 1.807) is 13.3 Å². The Morgan fingerprint density at radius 1 is 1.28 bits per heavy atom. The van der Waals surface area contributed by atoms with Crippen LogP contribution < -0.4 is 15.4 Å². The van der Waals surface area contributed by atoms with E-state index in [9.17, 15) is 0 Å². The first-order valence-electron chi connectivity index (χ1n) is 10.5. The van der Waals surface area contributed by atoms with Gasteiger partial charge in [-0.1, -0.05) is 19.9 Å². The largest absolute Gasteiger partial charge is 0.475 e. The molecule has 0 amide bonds. The van der Waals surface area contributed by atoms with E-state index in [1.807, 2.05) is 12.1 Å². The van der Waals surface area contributed by atoms with Crippen molar-refractivity contribution in [2.45, 2.75) is 33.4 Å². The van der Waals surface area contributed by atoms with E-state index in [-0.39, 0.29) is 0 Å². The Labute approximate surface area is 175 Å². The maximum absolute atomic E-state index is 5.71. The van der Waals surface area contributed by atoms with Crippen LogP contribution in [0.15, 0.2) is 23.3 Å². The van der Waals surface area contributed by atoms with Crippen LogP contribution in [0.5, 0.6) is 5.88 Å². The number of rotatable bonds is 11. The molecule has 1 atom stereocenters. The Balaban J connectivity index is 1.98. The third-order valence-electron chi connectivity index (χ3n) is 4.89. The molecule has 0 spiro atoms. The molecule has 0 bridgehead atoms. The second-order valence-electron chi connectivity index (χ2n) is 7.34. The quantitative estimate of drug-likeness (QED) is 0.327. The third-order valence-corrected chi connectivity index (χ3v) is 4.89. The molecule has 1 aromatic heterocycles. The number of morpholine rings is 1. The predicted molar refractivity (Wildman–Crippen MR) is 115 cm³/mol. The molecular weight excluding hydrogens is 370 g/mol. The molecular formula is C21H37N5O3. The van der Waals surface area contributed by atoms with Crippen molar-refractivity contribution in [2.24, 2.45) is 10.9 Å². The second-order valence-corrected chi connectivity index (χ2v) is 7.34. The van der Waals surface area contributed by atoms with Gasteiger partial charge in [0.15, 0.2) is 5.96 Å². The van der Waals surface area contributed by atoms with Gasteiger partial charge in [0.1, 0.15) is 6.61 Å². The molecule has 1 saturated heterocycles. The van der Waals surface area contributed by atoms with Crippen molar-refractivity contribution >= 4 is 5.96 Å². The second kappa shape index (κ2) is 13.3. The number of nitrogens with zero attached hydrogens (tertiary/aromatic N) is 3. The summed E-state index contributed by atoms with van der Waals surface area (Å²) in [5, 5.41) is 6.85. The Morgan fingerprint density at radius 3 is 2.76 bits per heavy atom. The molecule has 1 aromatic rings. The lowest BCUT2D eigenvalue weighted by molar-refractivity contribution is 0.00752. The van der Waals surface area contributed by atoms with Gasteiger partial charge in [-0.25, -0.2) is 9.98 Å². The maximum atomic E-state index is 5.71. The molecule has 29 heavy (non-hydrogen) atoms. The fourth-order valence-electron chi connectivity index (χ4n) is 3.30. The molecule has 1 aliphatic heterocycles. The van der Waals surface area contributed by atoms with Crippen LogP contribution in [-0.4, -0.2) is 81.6 Å². The van der Waals surface area contributed by atoms with Gasteiger partial charge in [0.05, 0.1) is 26.4 Å². The fourth-order valence-corrected chi connectivity index (χ4v) is 3.30. The zero-order chi connectivity index (χ0) is 20.9. The number of methoxy groups -OCH3 is 1. The fraction of sp³-hybridized carbons (Fsp3) is 0.714. The summed E-state index contributed by atoms with van der Waals surface area (Å²) < 4.78 is 16.3. The molecule has 2 rings (SSSR count). The Morgan fingerprint density at radius 2 is 2.07 bits per heavy atom. The molecule has 2 heterocycles. The highest BCUT2D eigenvalue weighted by Gasteiger charge is 2.23. The first-order valence-corrected chi connectivity index (χ1v) is 10.5. The zero-order valence-electron chi connectivity index (χ0n) is 18.3. The predicted octanol–water partition coefficient (Wildman–Crippen LogP) is 1.52. The number of aliphatic imine (C=N–C) groups is 1. The summed E-state index contributed by atoms with van der Waals surface area (Å²) in [6.07, 6.45) is 1.73. The van der Waals surface area contributed by atoms with Gasteiger partial charge in [-0.15, -0.1) is 0 Å². The first-order chi connectivity index (χ1) is 14.2. The van der Waals surface area contributed by atoms with Crippen molar-refractivity contribution in [3.05, 3.63) is 23.9 Å². The van der Waals surface area contributed by atoms with Gasteiger partial charge in [0.2, 0.25) is 5.88 Å². The van der Waals surface area contributed by atoms with E-state index in [0.29, 0.717) is 37.6 Å². The molecule has 1 fully saturated rings. The maximum Gasteiger partial charge on any atom is 0.218 e. The van der Waals surface area contributed by atoms with Gasteiger partial charge in [0, 0.05) is 51.1 Å². The smallest absolute Gasteiger partial charge is 0.218 e. The highest BCUT2D eigenvalue weighted by Crippen LogP contribution is 2.15. The normalized spacial score (nSPS) is 16.7. The van der Waals surface area contributed by atoms with Crippen molar-refractivity contribution in [3.8, 4) is 5.88 Å². The van der Waals surface area contributed by atoms with Gasteiger partial charge in [-0.2, -0.15) is 0 Å². The van der Waals surface area contributed by atoms with Gasteiger partial charge < -0.3 is 24.8 Å². The van der Waals surface area contributed by atoms with E-state index < -0.39 is 0 Å². The van der Waals surface area contributed by atoms with Crippen LogP contribution in [0, 0.1) is 5.92 Å². The molecule has 0 radical (unpaired) electrons. The summed E-state index contributed by atoms with van der Waals surface area (Å²) in [5.41, 5.74) is 0.953. The van der Waals surface area contributed by atoms with Crippen molar-refractivity contribution in [3.63, 3.8) is 0 Å². The SMILES string of the molecule is CCNC(=NCc1cccnc1OCCOC)NCC(C(C)C)N1CCOCC1. The summed E-state index contributed by atoms with van der Waals surface area (Å²) in [4.78, 5) is 11.6. The van der Waals surface area contributed by atoms with Crippen LogP contribution in [0.4, 0.5) is 0 Å². The number of hydrogen-bond donors (Lipinski definition) is 2. The van der Waals surface area contributed by atoms with E-state index in [1.165, 1.54) is 0 Å². The van der Waals surface area contributed by atoms with Gasteiger partial charge >= 0.3 is 0 Å². The van der Waals surface area contributed by atoms with Crippen molar-refractivity contribution < 1.29 is 14.2 Å². The van der Waals surface area contributed by atoms with E-state index in [2.05, 4.69) is 41.3 Å². The molecule has 0 saturated carbocycles. The lowest BCUT2D eigenvalue weighted by Crippen LogP contribution is -2.52. The average Bonchev–Trinajstić information content (AvgIpc) is 2.73. The number of pyridine rings is 1. The summed E-state index contributed by atoms with van der Waals surface area (Å²) in [6.45, 7) is 13.3. The van der Waals surface area contributed by atoms with E-state index in [0.717, 1.165) is 50.9 Å². The number of aromatic nitrogens is 1. The van der Waals surface area contributed by atoms with Crippen LogP contribution in [0.25, 0.3) is 0 Å². The van der Waals surface area contributed by atoms with Crippen molar-refractivity contribution in [1.82, 2.24) is 20.5 Å². The lowest BCUT2D eigenvalue weighted by Gasteiger charge is -2.37. The molecule has 1 unspecified atom stereocenters. The summed E-state index contributed by atoms with van der Waals surface area (Å²) >= 11 is 0. The highest BCUT2D eigenvalue weighted by molar-refractivity contribution is 5.79. The number of ether oxygens (including phenoxy) is 3. The molecule has 1 aliphatic rings. The average molecular weight is 408 g/mol. The summed E-state index contributed by atoms with van der Waals surface area (Å²) in [7, 11) is 1.66. The van der Waals surface area contributed by atoms with Crippen LogP contribution in [0.1, 0.15) is 26.3 Å². The third kappa shape index (κ3) is 8.16. The van der Waals surface area contributed by atoms with Crippen LogP contribution in [0.3, 0.4) is 0 Å². The molecule has 0 aliphatic carbocycles. The highest BCUT2D eigenvalue weighted by atomic mass is 16.5. The van der Waals surface area contributed by atoms with E-state index >= 15 is 0 Å². The Kier molecular flexibility index (Phi) is 10.8. The topological polar surface area (TPSA) is 80.2 Å². The molecule has 0 aromatic carbocycles. The van der Waals surface area contributed by atoms with Crippen LogP contribution >= 0.6 is 0 Å². The van der Waals surface area contributed by atoms with E-state index in [4.69, 9.17) is 19.2 Å². The number of hydrogen-bond acceptors (Lipinski definition) is 6. The van der Waals surface area contributed by atoms with Crippen LogP contribution in [0.2, 0.25) is 0 Å². The lowest BCUT2D eigenvalue weighted by atomic mass is 10.0. The number of guanidine groups is 1. The molecule has 8 nitrogen and oxygen atoms in total. The van der Waals surface area contributed by atoms with Gasteiger partial charge in [-0.05, 0) is 18.9 Å². The van der Waals surface area contributed by atoms with Gasteiger partial charge in [-0.3, -0.25) is 4.90 Å². The molecule has 164 valence electrons. The van der Waals surface area contributed by atoms with Crippen LogP contribution in [-0.2, 0) is 16.0 Å². The molecule has 2 N–H and O–H groups in total. The molecule has 8 heteroatoms. The Bertz CT molecular complexity index is 606. The minimum atomic E-state index is 0.439. The zero-order valence-corrected chi connectivity index (χ0v) is 18.3. The monoisotopic (exact) mass is 407 g/mol. The van der Waals surface area contributed by atoms with Gasteiger partial charge in [0.25, 0.3) is 0 Å². The minimum Gasteiger partial charge on any atom is -0.475 e. The standard InChI is InChI=1S/C21H37N5O3/c1-5-22-21(25-16-19(17(2)3)26-9-11-28-12-10-26)24-15-18-7-6-8-23-20(18)29-14-13-27-4/h6-8,17,19H,5,9-16H2,1-4H3,(H2,22,24,25). The number of nitrogens with one attached hydrogen (secondary N) is 2. The van der Waals surface area contributed by atoms with Crippen molar-refractivity contribution in [1.29, 1.82) is 0 Å².